The molecule has 0 fully saturated rings. The number of ether oxygens (including phenoxy) is 1. The number of hydrogen-bond donors (Lipinski definition) is 4. The molecule has 0 radical (unpaired) electrons. The van der Waals surface area contributed by atoms with Gasteiger partial charge in [0.2, 0.25) is 0 Å². The van der Waals surface area contributed by atoms with E-state index in [9.17, 15) is 24.9 Å². The highest BCUT2D eigenvalue weighted by Gasteiger charge is 2.17. The summed E-state index contributed by atoms with van der Waals surface area (Å²) in [5, 5.41) is 38.0. The van der Waals surface area contributed by atoms with E-state index in [1.54, 1.807) is 25.2 Å². The number of esters is 1. The van der Waals surface area contributed by atoms with Gasteiger partial charge in [0.1, 0.15) is 6.10 Å². The fraction of sp³-hybridized carbons (Fsp3) is 0.583. The SMILES string of the molecule is CC[C@@H](O)[C@H](O)C/C=C/C=C/C=C/C[C@H](O)/C(C)=C/[C@@H](C)[C@@H](C)OC(=O)CCC(=O)O. The van der Waals surface area contributed by atoms with Crippen molar-refractivity contribution in [3.05, 3.63) is 48.1 Å². The number of carboxylic acid groups (broad SMARTS) is 1. The summed E-state index contributed by atoms with van der Waals surface area (Å²) in [6.07, 6.45) is 11.0. The summed E-state index contributed by atoms with van der Waals surface area (Å²) in [6, 6.07) is 0. The van der Waals surface area contributed by atoms with Crippen LogP contribution in [0.15, 0.2) is 48.1 Å². The quantitative estimate of drug-likeness (QED) is 0.176. The van der Waals surface area contributed by atoms with Gasteiger partial charge in [-0.2, -0.15) is 0 Å². The molecule has 0 rings (SSSR count). The maximum Gasteiger partial charge on any atom is 0.306 e. The molecule has 0 spiro atoms. The largest absolute Gasteiger partial charge is 0.481 e. The molecule has 0 aromatic heterocycles. The zero-order chi connectivity index (χ0) is 23.8. The zero-order valence-corrected chi connectivity index (χ0v) is 19.0. The van der Waals surface area contributed by atoms with Crippen molar-refractivity contribution in [2.45, 2.75) is 84.2 Å². The maximum atomic E-state index is 11.6. The molecular formula is C24H38O7. The Labute approximate surface area is 185 Å². The Morgan fingerprint density at radius 2 is 1.48 bits per heavy atom. The van der Waals surface area contributed by atoms with Crippen LogP contribution in [0.3, 0.4) is 0 Å². The normalized spacial score (nSPS) is 17.7. The van der Waals surface area contributed by atoms with Crippen LogP contribution in [0.5, 0.6) is 0 Å². The Hall–Kier alpha value is -2.22. The van der Waals surface area contributed by atoms with Gasteiger partial charge in [0, 0.05) is 5.92 Å². The fourth-order valence-electron chi connectivity index (χ4n) is 2.57. The van der Waals surface area contributed by atoms with E-state index in [1.807, 2.05) is 45.1 Å². The van der Waals surface area contributed by atoms with Gasteiger partial charge in [0.25, 0.3) is 0 Å². The van der Waals surface area contributed by atoms with E-state index >= 15 is 0 Å². The standard InChI is InChI=1S/C24H38O7/c1-5-20(25)22(27)13-11-9-7-6-8-10-12-21(26)18(3)16-17(2)19(4)31-24(30)15-14-23(28)29/h6-11,16-17,19-22,25-27H,5,12-15H2,1-4H3,(H,28,29)/b7-6+,10-8+,11-9+,18-16+/t17-,19-,20-,21+,22-/m1/s1. The zero-order valence-electron chi connectivity index (χ0n) is 19.0. The molecule has 0 bridgehead atoms. The topological polar surface area (TPSA) is 124 Å². The Kier molecular flexibility index (Phi) is 15.3. The first-order chi connectivity index (χ1) is 14.6. The van der Waals surface area contributed by atoms with Gasteiger partial charge in [-0.3, -0.25) is 9.59 Å². The van der Waals surface area contributed by atoms with Crippen LogP contribution in [0, 0.1) is 5.92 Å². The molecule has 31 heavy (non-hydrogen) atoms. The van der Waals surface area contributed by atoms with Crippen molar-refractivity contribution in [1.82, 2.24) is 0 Å². The number of carbonyl (C=O) groups is 2. The Morgan fingerprint density at radius 1 is 0.903 bits per heavy atom. The smallest absolute Gasteiger partial charge is 0.306 e. The molecule has 0 aromatic carbocycles. The fourth-order valence-corrected chi connectivity index (χ4v) is 2.57. The summed E-state index contributed by atoms with van der Waals surface area (Å²) in [4.78, 5) is 22.1. The minimum atomic E-state index is -1.04. The number of allylic oxidation sites excluding steroid dienone is 4. The third-order valence-corrected chi connectivity index (χ3v) is 4.86. The first-order valence-corrected chi connectivity index (χ1v) is 10.7. The summed E-state index contributed by atoms with van der Waals surface area (Å²) in [6.45, 7) is 7.23. The number of hydrogen-bond acceptors (Lipinski definition) is 6. The second kappa shape index (κ2) is 16.5. The Balaban J connectivity index is 4.38. The molecule has 0 aliphatic heterocycles. The molecule has 7 heteroatoms. The number of carboxylic acids is 1. The predicted octanol–water partition coefficient (Wildman–Crippen LogP) is 3.31. The van der Waals surface area contributed by atoms with Crippen LogP contribution in [0.4, 0.5) is 0 Å². The van der Waals surface area contributed by atoms with E-state index in [0.29, 0.717) is 19.3 Å². The van der Waals surface area contributed by atoms with Gasteiger partial charge in [0.05, 0.1) is 31.2 Å². The number of aliphatic carboxylic acids is 1. The highest BCUT2D eigenvalue weighted by Crippen LogP contribution is 2.16. The first kappa shape index (κ1) is 28.8. The molecule has 0 saturated carbocycles. The van der Waals surface area contributed by atoms with Crippen molar-refractivity contribution in [2.75, 3.05) is 0 Å². The molecule has 0 saturated heterocycles. The summed E-state index contributed by atoms with van der Waals surface area (Å²) in [5.74, 6) is -1.71. The molecule has 176 valence electrons. The molecule has 0 amide bonds. The van der Waals surface area contributed by atoms with Crippen molar-refractivity contribution < 1.29 is 34.8 Å². The second-order valence-corrected chi connectivity index (χ2v) is 7.63. The lowest BCUT2D eigenvalue weighted by atomic mass is 9.99. The second-order valence-electron chi connectivity index (χ2n) is 7.63. The Bertz CT molecular complexity index is 648. The summed E-state index contributed by atoms with van der Waals surface area (Å²) < 4.78 is 5.23. The van der Waals surface area contributed by atoms with Crippen LogP contribution < -0.4 is 0 Å². The van der Waals surface area contributed by atoms with Crippen LogP contribution in [0.2, 0.25) is 0 Å². The van der Waals surface area contributed by atoms with E-state index < -0.39 is 36.4 Å². The summed E-state index contributed by atoms with van der Waals surface area (Å²) >= 11 is 0. The van der Waals surface area contributed by atoms with Gasteiger partial charge in [-0.15, -0.1) is 0 Å². The average molecular weight is 439 g/mol. The van der Waals surface area contributed by atoms with E-state index in [1.165, 1.54) is 0 Å². The lowest BCUT2D eigenvalue weighted by Crippen LogP contribution is -2.23. The van der Waals surface area contributed by atoms with Crippen LogP contribution in [0.1, 0.15) is 59.8 Å². The minimum Gasteiger partial charge on any atom is -0.481 e. The molecule has 0 aromatic rings. The highest BCUT2D eigenvalue weighted by molar-refractivity contribution is 5.76. The Morgan fingerprint density at radius 3 is 2.03 bits per heavy atom. The number of aliphatic hydroxyl groups is 3. The molecule has 0 aliphatic rings. The third kappa shape index (κ3) is 14.4. The number of carbonyl (C=O) groups excluding carboxylic acids is 1. The van der Waals surface area contributed by atoms with E-state index in [0.717, 1.165) is 5.57 Å². The van der Waals surface area contributed by atoms with Crippen LogP contribution in [-0.4, -0.2) is 56.8 Å². The average Bonchev–Trinajstić information content (AvgIpc) is 2.72. The molecule has 5 atom stereocenters. The molecule has 0 unspecified atom stereocenters. The van der Waals surface area contributed by atoms with Gasteiger partial charge in [-0.25, -0.2) is 0 Å². The molecular weight excluding hydrogens is 400 g/mol. The van der Waals surface area contributed by atoms with Gasteiger partial charge in [-0.05, 0) is 38.7 Å². The van der Waals surface area contributed by atoms with Gasteiger partial charge < -0.3 is 25.2 Å². The molecule has 7 nitrogen and oxygen atoms in total. The highest BCUT2D eigenvalue weighted by atomic mass is 16.5. The molecule has 0 aliphatic carbocycles. The lowest BCUT2D eigenvalue weighted by molar-refractivity contribution is -0.152. The van der Waals surface area contributed by atoms with Crippen LogP contribution in [0.25, 0.3) is 0 Å². The monoisotopic (exact) mass is 438 g/mol. The van der Waals surface area contributed by atoms with Crippen molar-refractivity contribution in [3.63, 3.8) is 0 Å². The molecule has 4 N–H and O–H groups in total. The summed E-state index contributed by atoms with van der Waals surface area (Å²) in [7, 11) is 0. The van der Waals surface area contributed by atoms with E-state index in [2.05, 4.69) is 0 Å². The third-order valence-electron chi connectivity index (χ3n) is 4.86. The van der Waals surface area contributed by atoms with Gasteiger partial charge in [-0.1, -0.05) is 56.4 Å². The number of aliphatic hydroxyl groups excluding tert-OH is 3. The maximum absolute atomic E-state index is 11.6. The van der Waals surface area contributed by atoms with E-state index in [4.69, 9.17) is 9.84 Å². The predicted molar refractivity (Wildman–Crippen MR) is 120 cm³/mol. The van der Waals surface area contributed by atoms with Crippen molar-refractivity contribution in [1.29, 1.82) is 0 Å². The van der Waals surface area contributed by atoms with Crippen molar-refractivity contribution >= 4 is 11.9 Å². The van der Waals surface area contributed by atoms with Gasteiger partial charge >= 0.3 is 11.9 Å². The van der Waals surface area contributed by atoms with Crippen LogP contribution >= 0.6 is 0 Å². The lowest BCUT2D eigenvalue weighted by Gasteiger charge is -2.19. The first-order valence-electron chi connectivity index (χ1n) is 10.7. The summed E-state index contributed by atoms with van der Waals surface area (Å²) in [5.41, 5.74) is 0.762. The van der Waals surface area contributed by atoms with E-state index in [-0.39, 0.29) is 18.8 Å². The molecule has 0 heterocycles. The van der Waals surface area contributed by atoms with Crippen molar-refractivity contribution in [3.8, 4) is 0 Å². The minimum absolute atomic E-state index is 0.126. The number of rotatable bonds is 15. The van der Waals surface area contributed by atoms with Gasteiger partial charge in [0.15, 0.2) is 0 Å². The van der Waals surface area contributed by atoms with Crippen molar-refractivity contribution in [2.24, 2.45) is 5.92 Å². The van der Waals surface area contributed by atoms with Crippen LogP contribution in [-0.2, 0) is 14.3 Å².